The number of benzene rings is 1. The van der Waals surface area contributed by atoms with Gasteiger partial charge in [0.2, 0.25) is 0 Å². The molecule has 2 aromatic heterocycles. The first-order valence-corrected chi connectivity index (χ1v) is 7.53. The van der Waals surface area contributed by atoms with Crippen molar-refractivity contribution >= 4 is 34.5 Å². The Balaban J connectivity index is 2.16. The predicted octanol–water partition coefficient (Wildman–Crippen LogP) is 3.69. The topological polar surface area (TPSA) is 61.2 Å². The summed E-state index contributed by atoms with van der Waals surface area (Å²) in [5, 5.41) is 0.470. The zero-order valence-corrected chi connectivity index (χ0v) is 13.4. The lowest BCUT2D eigenvalue weighted by Gasteiger charge is -2.05. The lowest BCUT2D eigenvalue weighted by molar-refractivity contribution is 0.0528. The SMILES string of the molecule is CCOC(=O)c1cn(C(=O)c2ccc(F)cc2Cl)c2ncccc12. The summed E-state index contributed by atoms with van der Waals surface area (Å²) >= 11 is 5.96. The summed E-state index contributed by atoms with van der Waals surface area (Å²) in [5.74, 6) is -1.61. The molecule has 0 atom stereocenters. The fourth-order valence-electron chi connectivity index (χ4n) is 2.38. The van der Waals surface area contributed by atoms with E-state index in [0.717, 1.165) is 12.1 Å². The van der Waals surface area contributed by atoms with Gasteiger partial charge in [0.25, 0.3) is 5.91 Å². The van der Waals surface area contributed by atoms with Crippen LogP contribution in [0.4, 0.5) is 4.39 Å². The van der Waals surface area contributed by atoms with Gasteiger partial charge in [-0.2, -0.15) is 0 Å². The molecule has 0 bridgehead atoms. The van der Waals surface area contributed by atoms with Gasteiger partial charge in [-0.05, 0) is 37.3 Å². The number of halogens is 2. The van der Waals surface area contributed by atoms with E-state index in [2.05, 4.69) is 4.98 Å². The number of aromatic nitrogens is 2. The number of nitrogens with zero attached hydrogens (tertiary/aromatic N) is 2. The Kier molecular flexibility index (Phi) is 4.31. The van der Waals surface area contributed by atoms with Crippen molar-refractivity contribution in [3.63, 3.8) is 0 Å². The van der Waals surface area contributed by atoms with E-state index < -0.39 is 17.7 Å². The second kappa shape index (κ2) is 6.41. The summed E-state index contributed by atoms with van der Waals surface area (Å²) < 4.78 is 19.4. The van der Waals surface area contributed by atoms with Gasteiger partial charge in [0.15, 0.2) is 0 Å². The standard InChI is InChI=1S/C17H12ClFN2O3/c1-2-24-17(23)13-9-21(15-11(13)4-3-7-20-15)16(22)12-6-5-10(19)8-14(12)18/h3-9H,2H2,1H3. The zero-order valence-electron chi connectivity index (χ0n) is 12.6. The highest BCUT2D eigenvalue weighted by Gasteiger charge is 2.22. The average Bonchev–Trinajstić information content (AvgIpc) is 2.94. The van der Waals surface area contributed by atoms with E-state index in [1.165, 1.54) is 23.0 Å². The Morgan fingerprint density at radius 3 is 2.79 bits per heavy atom. The third-order valence-electron chi connectivity index (χ3n) is 3.44. The maximum Gasteiger partial charge on any atom is 0.340 e. The van der Waals surface area contributed by atoms with E-state index in [9.17, 15) is 14.0 Å². The second-order valence-corrected chi connectivity index (χ2v) is 5.34. The summed E-state index contributed by atoms with van der Waals surface area (Å²) in [6, 6.07) is 6.82. The summed E-state index contributed by atoms with van der Waals surface area (Å²) in [5.41, 5.74) is 0.633. The van der Waals surface area contributed by atoms with Gasteiger partial charge in [0.1, 0.15) is 11.5 Å². The zero-order chi connectivity index (χ0) is 17.3. The number of fused-ring (bicyclic) bond motifs is 1. The van der Waals surface area contributed by atoms with E-state index in [4.69, 9.17) is 16.3 Å². The number of pyridine rings is 1. The maximum absolute atomic E-state index is 13.2. The van der Waals surface area contributed by atoms with Crippen molar-refractivity contribution in [2.45, 2.75) is 6.92 Å². The molecule has 0 aliphatic carbocycles. The van der Waals surface area contributed by atoms with Crippen molar-refractivity contribution in [1.82, 2.24) is 9.55 Å². The molecule has 122 valence electrons. The number of carbonyl (C=O) groups excluding carboxylic acids is 2. The average molecular weight is 347 g/mol. The molecule has 0 amide bonds. The normalized spacial score (nSPS) is 10.8. The van der Waals surface area contributed by atoms with Gasteiger partial charge in [-0.15, -0.1) is 0 Å². The minimum atomic E-state index is -0.549. The Bertz CT molecular complexity index is 952. The van der Waals surface area contributed by atoms with E-state index in [1.54, 1.807) is 19.1 Å². The van der Waals surface area contributed by atoms with Crippen LogP contribution < -0.4 is 0 Å². The summed E-state index contributed by atoms with van der Waals surface area (Å²) in [7, 11) is 0. The fourth-order valence-corrected chi connectivity index (χ4v) is 2.63. The highest BCUT2D eigenvalue weighted by molar-refractivity contribution is 6.34. The van der Waals surface area contributed by atoms with Crippen molar-refractivity contribution in [1.29, 1.82) is 0 Å². The van der Waals surface area contributed by atoms with Crippen molar-refractivity contribution in [2.24, 2.45) is 0 Å². The molecule has 0 aliphatic heterocycles. The van der Waals surface area contributed by atoms with Crippen LogP contribution in [0.15, 0.2) is 42.7 Å². The number of carbonyl (C=O) groups is 2. The third-order valence-corrected chi connectivity index (χ3v) is 3.75. The molecule has 0 N–H and O–H groups in total. The molecule has 0 saturated heterocycles. The van der Waals surface area contributed by atoms with Crippen molar-refractivity contribution < 1.29 is 18.7 Å². The molecule has 0 fully saturated rings. The van der Waals surface area contributed by atoms with Gasteiger partial charge in [-0.25, -0.2) is 14.2 Å². The number of hydrogen-bond donors (Lipinski definition) is 0. The van der Waals surface area contributed by atoms with Crippen LogP contribution in [0.1, 0.15) is 27.6 Å². The molecular weight excluding hydrogens is 335 g/mol. The molecule has 24 heavy (non-hydrogen) atoms. The van der Waals surface area contributed by atoms with Crippen LogP contribution >= 0.6 is 11.6 Å². The first-order chi connectivity index (χ1) is 11.5. The molecule has 0 spiro atoms. The molecule has 7 heteroatoms. The quantitative estimate of drug-likeness (QED) is 0.678. The van der Waals surface area contributed by atoms with E-state index in [0.29, 0.717) is 11.0 Å². The minimum Gasteiger partial charge on any atom is -0.462 e. The predicted molar refractivity (Wildman–Crippen MR) is 86.8 cm³/mol. The van der Waals surface area contributed by atoms with Crippen molar-refractivity contribution in [2.75, 3.05) is 6.61 Å². The smallest absolute Gasteiger partial charge is 0.340 e. The highest BCUT2D eigenvalue weighted by Crippen LogP contribution is 2.24. The first-order valence-electron chi connectivity index (χ1n) is 7.16. The highest BCUT2D eigenvalue weighted by atomic mass is 35.5. The van der Waals surface area contributed by atoms with Gasteiger partial charge in [0, 0.05) is 17.8 Å². The molecule has 0 radical (unpaired) electrons. The summed E-state index contributed by atoms with van der Waals surface area (Å²) in [6.07, 6.45) is 2.87. The van der Waals surface area contributed by atoms with Crippen molar-refractivity contribution in [3.05, 3.63) is 64.7 Å². The van der Waals surface area contributed by atoms with Crippen LogP contribution in [0.5, 0.6) is 0 Å². The van der Waals surface area contributed by atoms with Crippen LogP contribution in [0.2, 0.25) is 5.02 Å². The van der Waals surface area contributed by atoms with Crippen LogP contribution in [0, 0.1) is 5.82 Å². The van der Waals surface area contributed by atoms with Gasteiger partial charge in [-0.1, -0.05) is 11.6 Å². The van der Waals surface area contributed by atoms with E-state index in [1.807, 2.05) is 0 Å². The fraction of sp³-hybridized carbons (Fsp3) is 0.118. The van der Waals surface area contributed by atoms with E-state index in [-0.39, 0.29) is 22.8 Å². The van der Waals surface area contributed by atoms with Gasteiger partial charge in [0.05, 0.1) is 22.8 Å². The Labute approximate surface area is 141 Å². The minimum absolute atomic E-state index is 0.0181. The van der Waals surface area contributed by atoms with Crippen LogP contribution in [0.3, 0.4) is 0 Å². The molecule has 3 rings (SSSR count). The maximum atomic E-state index is 13.2. The van der Waals surface area contributed by atoms with E-state index >= 15 is 0 Å². The molecular formula is C17H12ClFN2O3. The molecule has 2 heterocycles. The molecule has 0 unspecified atom stereocenters. The first kappa shape index (κ1) is 16.1. The van der Waals surface area contributed by atoms with Crippen LogP contribution in [-0.4, -0.2) is 28.0 Å². The molecule has 0 saturated carbocycles. The van der Waals surface area contributed by atoms with Gasteiger partial charge in [-0.3, -0.25) is 9.36 Å². The van der Waals surface area contributed by atoms with Crippen LogP contribution in [0.25, 0.3) is 11.0 Å². The molecule has 0 aliphatic rings. The lowest BCUT2D eigenvalue weighted by atomic mass is 10.2. The number of rotatable bonds is 3. The summed E-state index contributed by atoms with van der Waals surface area (Å²) in [6.45, 7) is 1.91. The van der Waals surface area contributed by atoms with Crippen molar-refractivity contribution in [3.8, 4) is 0 Å². The largest absolute Gasteiger partial charge is 0.462 e. The van der Waals surface area contributed by atoms with Gasteiger partial charge < -0.3 is 4.74 Å². The molecule has 5 nitrogen and oxygen atoms in total. The van der Waals surface area contributed by atoms with Crippen LogP contribution in [-0.2, 0) is 4.74 Å². The Morgan fingerprint density at radius 1 is 1.29 bits per heavy atom. The summed E-state index contributed by atoms with van der Waals surface area (Å²) in [4.78, 5) is 29.0. The molecule has 3 aromatic rings. The Hall–Kier alpha value is -2.73. The number of hydrogen-bond acceptors (Lipinski definition) is 4. The second-order valence-electron chi connectivity index (χ2n) is 4.94. The number of esters is 1. The van der Waals surface area contributed by atoms with Gasteiger partial charge >= 0.3 is 5.97 Å². The third kappa shape index (κ3) is 2.76. The number of ether oxygens (including phenoxy) is 1. The molecule has 1 aromatic carbocycles. The Morgan fingerprint density at radius 2 is 2.08 bits per heavy atom. The monoisotopic (exact) mass is 346 g/mol. The lowest BCUT2D eigenvalue weighted by Crippen LogP contribution is -2.12.